The first-order valence-electron chi connectivity index (χ1n) is 7.68. The van der Waals surface area contributed by atoms with Crippen molar-refractivity contribution in [3.8, 4) is 5.75 Å². The predicted molar refractivity (Wildman–Crippen MR) is 105 cm³/mol. The van der Waals surface area contributed by atoms with Crippen molar-refractivity contribution >= 4 is 49.6 Å². The third-order valence-corrected chi connectivity index (χ3v) is 4.47. The monoisotopic (exact) mass is 498 g/mol. The van der Waals surface area contributed by atoms with Gasteiger partial charge >= 0.3 is 5.97 Å². The fourth-order valence-electron chi connectivity index (χ4n) is 2.12. The Morgan fingerprint density at radius 3 is 2.22 bits per heavy atom. The number of hydrazine groups is 1. The molecule has 2 N–H and O–H groups in total. The number of methoxy groups -OCH3 is 1. The van der Waals surface area contributed by atoms with E-state index < -0.39 is 17.8 Å². The molecule has 0 saturated carbocycles. The lowest BCUT2D eigenvalue weighted by Gasteiger charge is -2.12. The van der Waals surface area contributed by atoms with Crippen LogP contribution in [-0.4, -0.2) is 31.5 Å². The second kappa shape index (κ2) is 9.52. The minimum Gasteiger partial charge on any atom is -0.482 e. The fourth-order valence-corrected chi connectivity index (χ4v) is 3.67. The zero-order chi connectivity index (χ0) is 20.0. The molecule has 2 amide bonds. The van der Waals surface area contributed by atoms with Gasteiger partial charge in [-0.2, -0.15) is 0 Å². The molecule has 0 aliphatic rings. The third-order valence-electron chi connectivity index (χ3n) is 3.43. The van der Waals surface area contributed by atoms with Crippen molar-refractivity contribution in [2.45, 2.75) is 6.92 Å². The van der Waals surface area contributed by atoms with Crippen LogP contribution in [0.25, 0.3) is 0 Å². The number of hydrogen-bond donors (Lipinski definition) is 2. The summed E-state index contributed by atoms with van der Waals surface area (Å²) in [5.74, 6) is -1.01. The maximum absolute atomic E-state index is 12.0. The molecule has 0 aliphatic heterocycles. The molecule has 0 radical (unpaired) electrons. The van der Waals surface area contributed by atoms with Crippen LogP contribution in [0.5, 0.6) is 5.75 Å². The second-order valence-electron chi connectivity index (χ2n) is 5.39. The van der Waals surface area contributed by atoms with Crippen molar-refractivity contribution in [1.29, 1.82) is 0 Å². The van der Waals surface area contributed by atoms with E-state index in [-0.39, 0.29) is 12.2 Å². The smallest absolute Gasteiger partial charge is 0.337 e. The van der Waals surface area contributed by atoms with Crippen LogP contribution in [0.1, 0.15) is 26.3 Å². The quantitative estimate of drug-likeness (QED) is 0.487. The van der Waals surface area contributed by atoms with Gasteiger partial charge in [-0.3, -0.25) is 20.4 Å². The van der Waals surface area contributed by atoms with E-state index in [9.17, 15) is 14.4 Å². The van der Waals surface area contributed by atoms with E-state index in [1.165, 1.54) is 31.4 Å². The number of carbonyl (C=O) groups is 3. The van der Waals surface area contributed by atoms with Crippen LogP contribution < -0.4 is 15.6 Å². The Bertz CT molecular complexity index is 846. The highest BCUT2D eigenvalue weighted by Crippen LogP contribution is 2.32. The lowest BCUT2D eigenvalue weighted by Crippen LogP contribution is -2.43. The van der Waals surface area contributed by atoms with Gasteiger partial charge in [0.25, 0.3) is 11.8 Å². The van der Waals surface area contributed by atoms with Crippen LogP contribution in [0.15, 0.2) is 45.3 Å². The van der Waals surface area contributed by atoms with E-state index in [2.05, 4.69) is 47.4 Å². The minimum absolute atomic E-state index is 0.273. The summed E-state index contributed by atoms with van der Waals surface area (Å²) in [4.78, 5) is 35.3. The van der Waals surface area contributed by atoms with Gasteiger partial charge in [-0.25, -0.2) is 4.79 Å². The number of aryl methyl sites for hydroxylation is 1. The van der Waals surface area contributed by atoms with Crippen LogP contribution in [0, 0.1) is 6.92 Å². The number of esters is 1. The first-order chi connectivity index (χ1) is 12.8. The molecule has 7 nitrogen and oxygen atoms in total. The summed E-state index contributed by atoms with van der Waals surface area (Å²) in [6, 6.07) is 9.48. The highest BCUT2D eigenvalue weighted by Gasteiger charge is 2.12. The molecule has 0 atom stereocenters. The van der Waals surface area contributed by atoms with Crippen LogP contribution in [0.4, 0.5) is 0 Å². The molecule has 0 fully saturated rings. The van der Waals surface area contributed by atoms with Gasteiger partial charge in [0.15, 0.2) is 6.61 Å². The van der Waals surface area contributed by atoms with Crippen LogP contribution in [0.2, 0.25) is 0 Å². The molecule has 2 rings (SSSR count). The van der Waals surface area contributed by atoms with Crippen LogP contribution in [-0.2, 0) is 9.53 Å². The van der Waals surface area contributed by atoms with Gasteiger partial charge in [-0.15, -0.1) is 0 Å². The number of nitrogens with one attached hydrogen (secondary N) is 2. The number of carbonyl (C=O) groups excluding carboxylic acids is 3. The first kappa shape index (κ1) is 20.9. The van der Waals surface area contributed by atoms with E-state index in [1.54, 1.807) is 6.07 Å². The summed E-state index contributed by atoms with van der Waals surface area (Å²) in [6.07, 6.45) is 0. The zero-order valence-corrected chi connectivity index (χ0v) is 17.6. The molecule has 2 aromatic rings. The van der Waals surface area contributed by atoms with Crippen molar-refractivity contribution in [2.75, 3.05) is 13.7 Å². The highest BCUT2D eigenvalue weighted by molar-refractivity contribution is 9.11. The summed E-state index contributed by atoms with van der Waals surface area (Å²) >= 11 is 6.74. The van der Waals surface area contributed by atoms with Crippen molar-refractivity contribution < 1.29 is 23.9 Å². The fraction of sp³-hybridized carbons (Fsp3) is 0.167. The Hall–Kier alpha value is -2.39. The predicted octanol–water partition coefficient (Wildman–Crippen LogP) is 3.15. The average Bonchev–Trinajstić information content (AvgIpc) is 2.64. The normalized spacial score (nSPS) is 10.1. The lowest BCUT2D eigenvalue weighted by atomic mass is 10.1. The van der Waals surface area contributed by atoms with Gasteiger partial charge < -0.3 is 9.47 Å². The molecule has 9 heteroatoms. The number of ether oxygens (including phenoxy) is 2. The Labute approximate surface area is 172 Å². The highest BCUT2D eigenvalue weighted by atomic mass is 79.9. The summed E-state index contributed by atoms with van der Waals surface area (Å²) in [6.45, 7) is 1.57. The number of hydrogen-bond acceptors (Lipinski definition) is 5. The van der Waals surface area contributed by atoms with Gasteiger partial charge in [-0.1, -0.05) is 15.9 Å². The van der Waals surface area contributed by atoms with Gasteiger partial charge in [0.2, 0.25) is 0 Å². The largest absolute Gasteiger partial charge is 0.482 e. The summed E-state index contributed by atoms with van der Waals surface area (Å²) < 4.78 is 11.7. The minimum atomic E-state index is -0.527. The lowest BCUT2D eigenvalue weighted by molar-refractivity contribution is -0.123. The Balaban J connectivity index is 1.86. The molecule has 0 unspecified atom stereocenters. The van der Waals surface area contributed by atoms with E-state index in [1.807, 2.05) is 13.0 Å². The topological polar surface area (TPSA) is 93.7 Å². The molecule has 0 heterocycles. The maximum Gasteiger partial charge on any atom is 0.337 e. The zero-order valence-electron chi connectivity index (χ0n) is 14.5. The Kier molecular flexibility index (Phi) is 7.37. The molecule has 0 saturated heterocycles. The SMILES string of the molecule is COC(=O)c1ccc(C(=O)NNC(=O)COc2c(C)cc(Br)cc2Br)cc1. The van der Waals surface area contributed by atoms with Crippen LogP contribution >= 0.6 is 31.9 Å². The molecule has 0 aromatic heterocycles. The number of halogens is 2. The molecule has 27 heavy (non-hydrogen) atoms. The molecular formula is C18H16Br2N2O5. The van der Waals surface area contributed by atoms with E-state index in [0.29, 0.717) is 15.8 Å². The molecule has 142 valence electrons. The summed E-state index contributed by atoms with van der Waals surface area (Å²) in [7, 11) is 1.27. The summed E-state index contributed by atoms with van der Waals surface area (Å²) in [5, 5.41) is 0. The van der Waals surface area contributed by atoms with Crippen molar-refractivity contribution in [3.63, 3.8) is 0 Å². The molecule has 2 aromatic carbocycles. The van der Waals surface area contributed by atoms with Crippen molar-refractivity contribution in [2.24, 2.45) is 0 Å². The van der Waals surface area contributed by atoms with Crippen molar-refractivity contribution in [1.82, 2.24) is 10.9 Å². The van der Waals surface area contributed by atoms with Gasteiger partial charge in [0.1, 0.15) is 5.75 Å². The average molecular weight is 500 g/mol. The molecular weight excluding hydrogens is 484 g/mol. The van der Waals surface area contributed by atoms with Gasteiger partial charge in [0, 0.05) is 10.0 Å². The maximum atomic E-state index is 12.0. The Morgan fingerprint density at radius 2 is 1.63 bits per heavy atom. The number of benzene rings is 2. The Morgan fingerprint density at radius 1 is 1.00 bits per heavy atom. The molecule has 0 bridgehead atoms. The van der Waals surface area contributed by atoms with E-state index in [0.717, 1.165) is 10.0 Å². The van der Waals surface area contributed by atoms with E-state index >= 15 is 0 Å². The third kappa shape index (κ3) is 5.80. The first-order valence-corrected chi connectivity index (χ1v) is 9.26. The van der Waals surface area contributed by atoms with Gasteiger partial charge in [-0.05, 0) is 64.8 Å². The second-order valence-corrected chi connectivity index (χ2v) is 7.16. The summed E-state index contributed by atoms with van der Waals surface area (Å²) in [5.41, 5.74) is 5.99. The van der Waals surface area contributed by atoms with E-state index in [4.69, 9.17) is 4.74 Å². The van der Waals surface area contributed by atoms with Crippen molar-refractivity contribution in [3.05, 3.63) is 62.0 Å². The molecule has 0 spiro atoms. The van der Waals surface area contributed by atoms with Crippen LogP contribution in [0.3, 0.4) is 0 Å². The standard InChI is InChI=1S/C18H16Br2N2O5/c1-10-7-13(19)8-14(20)16(10)27-9-15(23)21-22-17(24)11-3-5-12(6-4-11)18(25)26-2/h3-8H,9H2,1-2H3,(H,21,23)(H,22,24). The molecule has 0 aliphatic carbocycles. The number of amides is 2. The number of rotatable bonds is 5. The van der Waals surface area contributed by atoms with Gasteiger partial charge in [0.05, 0.1) is 17.1 Å².